The lowest BCUT2D eigenvalue weighted by atomic mass is 10.1. The third-order valence-electron chi connectivity index (χ3n) is 3.63. The van der Waals surface area contributed by atoms with E-state index in [0.717, 1.165) is 22.5 Å². The van der Waals surface area contributed by atoms with Crippen molar-refractivity contribution in [1.82, 2.24) is 9.78 Å². The van der Waals surface area contributed by atoms with E-state index in [4.69, 9.17) is 0 Å². The Morgan fingerprint density at radius 2 is 1.80 bits per heavy atom. The molecule has 0 aliphatic carbocycles. The Morgan fingerprint density at radius 1 is 1.10 bits per heavy atom. The molecule has 20 heavy (non-hydrogen) atoms. The van der Waals surface area contributed by atoms with E-state index in [-0.39, 0.29) is 5.75 Å². The molecule has 0 N–H and O–H groups in total. The van der Waals surface area contributed by atoms with E-state index >= 15 is 0 Å². The lowest BCUT2D eigenvalue weighted by Crippen LogP contribution is -2.10. The Morgan fingerprint density at radius 3 is 2.35 bits per heavy atom. The highest BCUT2D eigenvalue weighted by atomic mass is 32.2. The van der Waals surface area contributed by atoms with Crippen LogP contribution in [-0.2, 0) is 23.3 Å². The van der Waals surface area contributed by atoms with Crippen molar-refractivity contribution in [2.24, 2.45) is 7.05 Å². The maximum absolute atomic E-state index is 12.3. The van der Waals surface area contributed by atoms with E-state index < -0.39 is 9.84 Å². The highest BCUT2D eigenvalue weighted by Gasteiger charge is 2.16. The first-order valence-electron chi connectivity index (χ1n) is 6.59. The number of hydrogen-bond acceptors (Lipinski definition) is 3. The first-order chi connectivity index (χ1) is 9.29. The molecule has 4 nitrogen and oxygen atoms in total. The van der Waals surface area contributed by atoms with Crippen molar-refractivity contribution in [3.8, 4) is 0 Å². The van der Waals surface area contributed by atoms with Crippen LogP contribution in [0.4, 0.5) is 0 Å². The second-order valence-electron chi connectivity index (χ2n) is 5.22. The van der Waals surface area contributed by atoms with Crippen LogP contribution in [0.3, 0.4) is 0 Å². The Kier molecular flexibility index (Phi) is 3.99. The summed E-state index contributed by atoms with van der Waals surface area (Å²) in [7, 11) is -1.39. The summed E-state index contributed by atoms with van der Waals surface area (Å²) in [5, 5.41) is 4.29. The molecule has 2 rings (SSSR count). The average molecular weight is 292 g/mol. The number of rotatable bonds is 4. The quantitative estimate of drug-likeness (QED) is 0.869. The van der Waals surface area contributed by atoms with Crippen molar-refractivity contribution >= 4 is 9.84 Å². The minimum Gasteiger partial charge on any atom is -0.273 e. The molecule has 0 fully saturated rings. The molecule has 0 radical (unpaired) electrons. The molecule has 1 aromatic heterocycles. The van der Waals surface area contributed by atoms with Gasteiger partial charge in [-0.15, -0.1) is 0 Å². The fourth-order valence-corrected chi connectivity index (χ4v) is 3.37. The zero-order valence-corrected chi connectivity index (χ0v) is 13.2. The van der Waals surface area contributed by atoms with Gasteiger partial charge in [0.25, 0.3) is 0 Å². The average Bonchev–Trinajstić information content (AvgIpc) is 2.70. The molecular formula is C15H20N2O2S. The minimum absolute atomic E-state index is 0.0892. The second-order valence-corrected chi connectivity index (χ2v) is 7.32. The summed E-state index contributed by atoms with van der Waals surface area (Å²) in [4.78, 5) is 0.397. The van der Waals surface area contributed by atoms with Gasteiger partial charge in [-0.25, -0.2) is 8.42 Å². The van der Waals surface area contributed by atoms with Crippen molar-refractivity contribution in [2.75, 3.05) is 5.75 Å². The molecule has 0 atom stereocenters. The van der Waals surface area contributed by atoms with E-state index in [2.05, 4.69) is 5.10 Å². The van der Waals surface area contributed by atoms with Crippen LogP contribution in [0.1, 0.15) is 22.5 Å². The summed E-state index contributed by atoms with van der Waals surface area (Å²) in [5.41, 5.74) is 3.95. The van der Waals surface area contributed by atoms with Crippen LogP contribution in [0.2, 0.25) is 0 Å². The maximum Gasteiger partial charge on any atom is 0.178 e. The summed E-state index contributed by atoms with van der Waals surface area (Å²) >= 11 is 0. The fraction of sp³-hybridized carbons (Fsp3) is 0.400. The molecule has 5 heteroatoms. The number of nitrogens with zero attached hydrogens (tertiary/aromatic N) is 2. The molecule has 0 spiro atoms. The molecule has 0 saturated heterocycles. The second kappa shape index (κ2) is 5.40. The molecule has 0 unspecified atom stereocenters. The van der Waals surface area contributed by atoms with E-state index in [1.807, 2.05) is 40.0 Å². The number of sulfone groups is 1. The van der Waals surface area contributed by atoms with Crippen LogP contribution >= 0.6 is 0 Å². The summed E-state index contributed by atoms with van der Waals surface area (Å²) in [6.07, 6.45) is 0.441. The molecule has 0 saturated carbocycles. The monoisotopic (exact) mass is 292 g/mol. The smallest absolute Gasteiger partial charge is 0.178 e. The predicted molar refractivity (Wildman–Crippen MR) is 79.6 cm³/mol. The zero-order chi connectivity index (χ0) is 14.9. The molecule has 0 aliphatic rings. The zero-order valence-electron chi connectivity index (χ0n) is 12.3. The first kappa shape index (κ1) is 14.8. The Bertz CT molecular complexity index is 711. The Hall–Kier alpha value is -1.62. The van der Waals surface area contributed by atoms with Gasteiger partial charge in [-0.3, -0.25) is 4.68 Å². The number of benzene rings is 1. The van der Waals surface area contributed by atoms with Gasteiger partial charge in [0.05, 0.1) is 16.3 Å². The largest absolute Gasteiger partial charge is 0.273 e. The number of aromatic nitrogens is 2. The third kappa shape index (κ3) is 3.10. The first-order valence-corrected chi connectivity index (χ1v) is 8.24. The summed E-state index contributed by atoms with van der Waals surface area (Å²) in [5.74, 6) is 0.0892. The van der Waals surface area contributed by atoms with Gasteiger partial charge in [0, 0.05) is 19.2 Å². The van der Waals surface area contributed by atoms with Crippen molar-refractivity contribution in [1.29, 1.82) is 0 Å². The third-order valence-corrected chi connectivity index (χ3v) is 5.34. The Labute approximate surface area is 120 Å². The van der Waals surface area contributed by atoms with Crippen molar-refractivity contribution in [3.63, 3.8) is 0 Å². The minimum atomic E-state index is -3.25. The van der Waals surface area contributed by atoms with E-state index in [0.29, 0.717) is 11.3 Å². The van der Waals surface area contributed by atoms with Crippen LogP contribution < -0.4 is 0 Å². The lowest BCUT2D eigenvalue weighted by Gasteiger charge is -2.06. The van der Waals surface area contributed by atoms with Gasteiger partial charge >= 0.3 is 0 Å². The van der Waals surface area contributed by atoms with Crippen LogP contribution in [0, 0.1) is 20.8 Å². The Balaban J connectivity index is 2.16. The van der Waals surface area contributed by atoms with E-state index in [9.17, 15) is 8.42 Å². The van der Waals surface area contributed by atoms with Crippen LogP contribution in [0.25, 0.3) is 0 Å². The van der Waals surface area contributed by atoms with Gasteiger partial charge in [0.2, 0.25) is 0 Å². The molecular weight excluding hydrogens is 272 g/mol. The van der Waals surface area contributed by atoms with E-state index in [1.165, 1.54) is 0 Å². The molecule has 0 amide bonds. The van der Waals surface area contributed by atoms with Crippen LogP contribution in [0.15, 0.2) is 29.2 Å². The highest BCUT2D eigenvalue weighted by molar-refractivity contribution is 7.91. The summed E-state index contributed by atoms with van der Waals surface area (Å²) in [6.45, 7) is 5.85. The van der Waals surface area contributed by atoms with Crippen molar-refractivity contribution in [2.45, 2.75) is 32.1 Å². The molecule has 108 valence electrons. The lowest BCUT2D eigenvalue weighted by molar-refractivity contribution is 0.594. The highest BCUT2D eigenvalue weighted by Crippen LogP contribution is 2.17. The molecule has 1 heterocycles. The number of aryl methyl sites for hydroxylation is 5. The van der Waals surface area contributed by atoms with Gasteiger partial charge in [-0.1, -0.05) is 6.07 Å². The van der Waals surface area contributed by atoms with Gasteiger partial charge in [-0.05, 0) is 50.1 Å². The van der Waals surface area contributed by atoms with Crippen molar-refractivity contribution in [3.05, 3.63) is 46.8 Å². The predicted octanol–water partition coefficient (Wildman–Crippen LogP) is 2.36. The fourth-order valence-electron chi connectivity index (χ4n) is 2.02. The normalized spacial score (nSPS) is 11.8. The van der Waals surface area contributed by atoms with Crippen LogP contribution in [-0.4, -0.2) is 24.0 Å². The summed E-state index contributed by atoms with van der Waals surface area (Å²) in [6, 6.07) is 7.21. The van der Waals surface area contributed by atoms with Crippen LogP contribution in [0.5, 0.6) is 0 Å². The van der Waals surface area contributed by atoms with Gasteiger partial charge in [0.1, 0.15) is 0 Å². The number of hydrogen-bond donors (Lipinski definition) is 0. The van der Waals surface area contributed by atoms with Crippen molar-refractivity contribution < 1.29 is 8.42 Å². The molecule has 0 aliphatic heterocycles. The standard InChI is InChI=1S/C15H20N2O2S/c1-11-5-6-15(9-12(11)2)20(18,19)8-7-14-10-13(3)17(4)16-14/h5-6,9-10H,7-8H2,1-4H3. The maximum atomic E-state index is 12.3. The summed E-state index contributed by atoms with van der Waals surface area (Å²) < 4.78 is 26.4. The van der Waals surface area contributed by atoms with Gasteiger partial charge in [-0.2, -0.15) is 5.10 Å². The van der Waals surface area contributed by atoms with Gasteiger partial charge < -0.3 is 0 Å². The molecule has 0 bridgehead atoms. The molecule has 1 aromatic carbocycles. The van der Waals surface area contributed by atoms with Gasteiger partial charge in [0.15, 0.2) is 9.84 Å². The topological polar surface area (TPSA) is 52.0 Å². The SMILES string of the molecule is Cc1ccc(S(=O)(=O)CCc2cc(C)n(C)n2)cc1C. The van der Waals surface area contributed by atoms with E-state index in [1.54, 1.807) is 16.8 Å². The molecule has 2 aromatic rings.